The smallest absolute Gasteiger partial charge is 0.147 e. The van der Waals surface area contributed by atoms with Gasteiger partial charge in [-0.25, -0.2) is 9.97 Å². The topological polar surface area (TPSA) is 35.6 Å². The molecule has 168 valence electrons. The van der Waals surface area contributed by atoms with Crippen LogP contribution >= 0.6 is 0 Å². The molecule has 0 spiro atoms. The van der Waals surface area contributed by atoms with Crippen molar-refractivity contribution in [2.45, 2.75) is 0 Å². The summed E-state index contributed by atoms with van der Waals surface area (Å²) < 4.78 is 4.57. The van der Waals surface area contributed by atoms with E-state index < -0.39 is 0 Å². The van der Waals surface area contributed by atoms with E-state index in [2.05, 4.69) is 112 Å². The Morgan fingerprint density at radius 3 is 2.00 bits per heavy atom. The van der Waals surface area contributed by atoms with Crippen molar-refractivity contribution in [2.75, 3.05) is 0 Å². The van der Waals surface area contributed by atoms with Gasteiger partial charge >= 0.3 is 0 Å². The second-order valence-electron chi connectivity index (χ2n) is 9.15. The lowest BCUT2D eigenvalue weighted by Crippen LogP contribution is -1.98. The molecule has 4 aromatic heterocycles. The Bertz CT molecular complexity index is 2100. The molecule has 4 heteroatoms. The van der Waals surface area contributed by atoms with Crippen molar-refractivity contribution in [3.8, 4) is 11.5 Å². The summed E-state index contributed by atoms with van der Waals surface area (Å²) in [5.41, 5.74) is 5.44. The van der Waals surface area contributed by atoms with Crippen LogP contribution in [0.5, 0.6) is 0 Å². The summed E-state index contributed by atoms with van der Waals surface area (Å²) in [5.74, 6) is 0.906. The zero-order valence-corrected chi connectivity index (χ0v) is 19.3. The summed E-state index contributed by atoms with van der Waals surface area (Å²) in [6, 6.07) is 38.2. The van der Waals surface area contributed by atoms with Gasteiger partial charge in [-0.05, 0) is 35.7 Å². The normalized spacial score (nSPS) is 11.9. The second-order valence-corrected chi connectivity index (χ2v) is 9.15. The minimum absolute atomic E-state index is 0.906. The molecule has 0 radical (unpaired) electrons. The third-order valence-corrected chi connectivity index (χ3v) is 7.18. The quantitative estimate of drug-likeness (QED) is 0.264. The first-order valence-electron chi connectivity index (χ1n) is 12.1. The maximum absolute atomic E-state index is 5.06. The molecule has 0 aliphatic heterocycles. The number of benzene rings is 4. The highest BCUT2D eigenvalue weighted by Gasteiger charge is 2.21. The number of nitrogens with zero attached hydrogens (tertiary/aromatic N) is 4. The van der Waals surface area contributed by atoms with E-state index in [1.54, 1.807) is 0 Å². The average molecular weight is 461 g/mol. The molecule has 4 nitrogen and oxygen atoms in total. The predicted octanol–water partition coefficient (Wildman–Crippen LogP) is 7.82. The zero-order chi connectivity index (χ0) is 23.6. The fraction of sp³-hybridized carbons (Fsp3) is 0. The maximum Gasteiger partial charge on any atom is 0.147 e. The highest BCUT2D eigenvalue weighted by atomic mass is 15.1. The van der Waals surface area contributed by atoms with Gasteiger partial charge in [0.05, 0.1) is 21.9 Å². The summed E-state index contributed by atoms with van der Waals surface area (Å²) in [5, 5.41) is 6.93. The van der Waals surface area contributed by atoms with Crippen LogP contribution in [0.1, 0.15) is 0 Å². The van der Waals surface area contributed by atoms with E-state index in [1.807, 2.05) is 18.5 Å². The molecule has 0 atom stereocenters. The molecule has 0 fully saturated rings. The molecular weight excluding hydrogens is 440 g/mol. The lowest BCUT2D eigenvalue weighted by molar-refractivity contribution is 1.09. The molecule has 0 saturated heterocycles. The van der Waals surface area contributed by atoms with Gasteiger partial charge in [-0.3, -0.25) is 9.13 Å². The van der Waals surface area contributed by atoms with E-state index >= 15 is 0 Å². The highest BCUT2D eigenvalue weighted by Crippen LogP contribution is 2.40. The molecular formula is C32H20N4. The molecule has 0 saturated carbocycles. The van der Waals surface area contributed by atoms with Gasteiger partial charge in [0, 0.05) is 39.6 Å². The van der Waals surface area contributed by atoms with Crippen LogP contribution in [0.2, 0.25) is 0 Å². The third kappa shape index (κ3) is 2.58. The molecule has 0 aliphatic rings. The van der Waals surface area contributed by atoms with Crippen molar-refractivity contribution in [1.29, 1.82) is 0 Å². The second kappa shape index (κ2) is 7.27. The van der Waals surface area contributed by atoms with Crippen LogP contribution in [0.4, 0.5) is 0 Å². The molecule has 36 heavy (non-hydrogen) atoms. The predicted molar refractivity (Wildman–Crippen MR) is 148 cm³/mol. The van der Waals surface area contributed by atoms with Crippen molar-refractivity contribution >= 4 is 54.5 Å². The highest BCUT2D eigenvalue weighted by molar-refractivity contribution is 6.24. The van der Waals surface area contributed by atoms with E-state index in [0.29, 0.717) is 0 Å². The van der Waals surface area contributed by atoms with Crippen LogP contribution in [0.25, 0.3) is 66.0 Å². The fourth-order valence-electron chi connectivity index (χ4n) is 5.62. The van der Waals surface area contributed by atoms with E-state index in [4.69, 9.17) is 9.97 Å². The number of hydrogen-bond donors (Lipinski definition) is 0. The summed E-state index contributed by atoms with van der Waals surface area (Å²) in [6.07, 6.45) is 3.99. The number of pyridine rings is 2. The zero-order valence-electron chi connectivity index (χ0n) is 19.3. The Kier molecular flexibility index (Phi) is 3.91. The Hall–Kier alpha value is -4.96. The molecule has 4 heterocycles. The number of para-hydroxylation sites is 3. The van der Waals surface area contributed by atoms with Crippen LogP contribution in [0, 0.1) is 0 Å². The number of aromatic nitrogens is 4. The van der Waals surface area contributed by atoms with Gasteiger partial charge in [0.15, 0.2) is 0 Å². The lowest BCUT2D eigenvalue weighted by Gasteiger charge is -2.09. The Labute approximate surface area is 206 Å². The Morgan fingerprint density at radius 2 is 1.17 bits per heavy atom. The van der Waals surface area contributed by atoms with Gasteiger partial charge in [0.2, 0.25) is 0 Å². The Balaban J connectivity index is 1.61. The summed E-state index contributed by atoms with van der Waals surface area (Å²) in [4.78, 5) is 10.00. The van der Waals surface area contributed by atoms with Gasteiger partial charge in [0.25, 0.3) is 0 Å². The van der Waals surface area contributed by atoms with E-state index in [9.17, 15) is 0 Å². The van der Waals surface area contributed by atoms with Crippen molar-refractivity contribution in [3.05, 3.63) is 122 Å². The largest absolute Gasteiger partial charge is 0.294 e. The van der Waals surface area contributed by atoms with Crippen LogP contribution in [0.15, 0.2) is 122 Å². The van der Waals surface area contributed by atoms with Gasteiger partial charge in [-0.2, -0.15) is 0 Å². The van der Waals surface area contributed by atoms with E-state index in [1.165, 1.54) is 16.2 Å². The van der Waals surface area contributed by atoms with Gasteiger partial charge in [-0.15, -0.1) is 0 Å². The number of rotatable bonds is 2. The maximum atomic E-state index is 5.06. The average Bonchev–Trinajstić information content (AvgIpc) is 3.46. The minimum atomic E-state index is 0.906. The number of fused-ring (bicyclic) bond motifs is 8. The molecule has 0 bridgehead atoms. The first-order chi connectivity index (χ1) is 17.9. The monoisotopic (exact) mass is 460 g/mol. The fourth-order valence-corrected chi connectivity index (χ4v) is 5.62. The lowest BCUT2D eigenvalue weighted by atomic mass is 10.1. The summed E-state index contributed by atoms with van der Waals surface area (Å²) in [7, 11) is 0. The summed E-state index contributed by atoms with van der Waals surface area (Å²) >= 11 is 0. The molecule has 8 aromatic rings. The van der Waals surface area contributed by atoms with Crippen molar-refractivity contribution in [1.82, 2.24) is 19.1 Å². The SMILES string of the molecule is c1ccc(-n2c3ccccc3c3c2ncc2c4ccccc4n(-c4cc5ccccc5cn4)c23)cc1. The standard InChI is InChI=1S/C32H20N4/c1-2-12-23(13-3-1)35-28-17-9-7-15-25(28)30-31-26(20-34-32(30)35)24-14-6-8-16-27(24)36(31)29-18-21-10-4-5-11-22(21)19-33-29/h1-20H. The van der Waals surface area contributed by atoms with E-state index in [-0.39, 0.29) is 0 Å². The van der Waals surface area contributed by atoms with Crippen LogP contribution < -0.4 is 0 Å². The van der Waals surface area contributed by atoms with Gasteiger partial charge in [-0.1, -0.05) is 78.9 Å². The van der Waals surface area contributed by atoms with Crippen LogP contribution in [0.3, 0.4) is 0 Å². The van der Waals surface area contributed by atoms with Crippen molar-refractivity contribution in [2.24, 2.45) is 0 Å². The van der Waals surface area contributed by atoms with E-state index in [0.717, 1.165) is 49.9 Å². The molecule has 0 N–H and O–H groups in total. The first kappa shape index (κ1) is 19.4. The first-order valence-corrected chi connectivity index (χ1v) is 12.1. The molecule has 8 rings (SSSR count). The molecule has 0 amide bonds. The summed E-state index contributed by atoms with van der Waals surface area (Å²) in [6.45, 7) is 0. The van der Waals surface area contributed by atoms with Crippen molar-refractivity contribution < 1.29 is 0 Å². The van der Waals surface area contributed by atoms with Gasteiger partial charge in [0.1, 0.15) is 11.5 Å². The van der Waals surface area contributed by atoms with Gasteiger partial charge < -0.3 is 0 Å². The van der Waals surface area contributed by atoms with Crippen LogP contribution in [-0.2, 0) is 0 Å². The van der Waals surface area contributed by atoms with Crippen LogP contribution in [-0.4, -0.2) is 19.1 Å². The third-order valence-electron chi connectivity index (χ3n) is 7.18. The minimum Gasteiger partial charge on any atom is -0.294 e. The Morgan fingerprint density at radius 1 is 0.500 bits per heavy atom. The molecule has 0 aliphatic carbocycles. The van der Waals surface area contributed by atoms with Crippen molar-refractivity contribution in [3.63, 3.8) is 0 Å². The molecule has 4 aromatic carbocycles. The number of hydrogen-bond acceptors (Lipinski definition) is 2. The molecule has 0 unspecified atom stereocenters.